The van der Waals surface area contributed by atoms with Gasteiger partial charge in [0.2, 0.25) is 0 Å². The van der Waals surface area contributed by atoms with E-state index in [1.807, 2.05) is 6.07 Å². The van der Waals surface area contributed by atoms with Gasteiger partial charge in [-0.2, -0.15) is 0 Å². The van der Waals surface area contributed by atoms with Gasteiger partial charge in [0.25, 0.3) is 0 Å². The highest BCUT2D eigenvalue weighted by Crippen LogP contribution is 2.34. The van der Waals surface area contributed by atoms with E-state index in [0.29, 0.717) is 0 Å². The van der Waals surface area contributed by atoms with Crippen molar-refractivity contribution in [3.05, 3.63) is 47.5 Å². The Labute approximate surface area is 219 Å². The number of hydrogen-bond donors (Lipinski definition) is 0. The number of anilines is 1. The summed E-state index contributed by atoms with van der Waals surface area (Å²) in [5, 5.41) is 3.00. The number of pyridine rings is 1. The minimum atomic E-state index is 0.819. The van der Waals surface area contributed by atoms with Gasteiger partial charge in [0, 0.05) is 24.4 Å². The Bertz CT molecular complexity index is 999. The highest BCUT2D eigenvalue weighted by atomic mass is 35.5. The average Bonchev–Trinajstić information content (AvgIpc) is 2.87. The molecule has 192 valence electrons. The molecule has 3 heteroatoms. The van der Waals surface area contributed by atoms with Crippen molar-refractivity contribution in [1.29, 1.82) is 0 Å². The van der Waals surface area contributed by atoms with E-state index in [9.17, 15) is 0 Å². The molecule has 0 radical (unpaired) electrons. The molecule has 2 nitrogen and oxygen atoms in total. The lowest BCUT2D eigenvalue weighted by Gasteiger charge is -2.21. The molecule has 3 rings (SSSR count). The van der Waals surface area contributed by atoms with Gasteiger partial charge in [0.05, 0.1) is 21.7 Å². The molecule has 0 aliphatic rings. The van der Waals surface area contributed by atoms with Crippen LogP contribution in [-0.2, 0) is 0 Å². The lowest BCUT2D eigenvalue weighted by atomic mass is 10.0. The minimum absolute atomic E-state index is 0.819. The van der Waals surface area contributed by atoms with Gasteiger partial charge in [-0.05, 0) is 30.7 Å². The van der Waals surface area contributed by atoms with Crippen LogP contribution in [0.4, 0.5) is 5.69 Å². The first-order valence-corrected chi connectivity index (χ1v) is 14.8. The minimum Gasteiger partial charge on any atom is -0.373 e. The van der Waals surface area contributed by atoms with Crippen LogP contribution in [0.1, 0.15) is 110 Å². The van der Waals surface area contributed by atoms with Gasteiger partial charge < -0.3 is 4.90 Å². The molecule has 0 fully saturated rings. The number of fused-ring (bicyclic) bond motifs is 2. The summed E-state index contributed by atoms with van der Waals surface area (Å²) in [4.78, 5) is 7.09. The normalized spacial score (nSPS) is 11.5. The smallest absolute Gasteiger partial charge is 0.0733 e. The molecule has 0 saturated carbocycles. The first kappa shape index (κ1) is 27.8. The van der Waals surface area contributed by atoms with Gasteiger partial charge in [0.15, 0.2) is 0 Å². The van der Waals surface area contributed by atoms with Crippen LogP contribution in [0.3, 0.4) is 0 Å². The number of para-hydroxylation sites is 1. The number of benzene rings is 2. The Morgan fingerprint density at radius 2 is 1.20 bits per heavy atom. The second-order valence-corrected chi connectivity index (χ2v) is 10.7. The zero-order chi connectivity index (χ0) is 24.7. The third kappa shape index (κ3) is 9.30. The maximum atomic E-state index is 6.83. The lowest BCUT2D eigenvalue weighted by molar-refractivity contribution is 0.529. The molecular formula is C32H47ClN2. The third-order valence-corrected chi connectivity index (χ3v) is 7.77. The Hall–Kier alpha value is -1.80. The Morgan fingerprint density at radius 1 is 0.657 bits per heavy atom. The molecule has 35 heavy (non-hydrogen) atoms. The van der Waals surface area contributed by atoms with Gasteiger partial charge >= 0.3 is 0 Å². The van der Waals surface area contributed by atoms with Crippen molar-refractivity contribution in [3.63, 3.8) is 0 Å². The van der Waals surface area contributed by atoms with Crippen LogP contribution in [0, 0.1) is 0 Å². The van der Waals surface area contributed by atoms with Gasteiger partial charge in [0.1, 0.15) is 0 Å². The number of aromatic nitrogens is 1. The molecule has 3 aromatic rings. The molecule has 0 saturated heterocycles. The maximum Gasteiger partial charge on any atom is 0.0733 e. The highest BCUT2D eigenvalue weighted by molar-refractivity contribution is 6.38. The maximum absolute atomic E-state index is 6.83. The first-order chi connectivity index (χ1) is 17.2. The van der Waals surface area contributed by atoms with E-state index in [-0.39, 0.29) is 0 Å². The van der Waals surface area contributed by atoms with Crippen molar-refractivity contribution >= 4 is 39.1 Å². The summed E-state index contributed by atoms with van der Waals surface area (Å²) in [6, 6.07) is 14.6. The largest absolute Gasteiger partial charge is 0.373 e. The molecule has 0 spiro atoms. The summed E-state index contributed by atoms with van der Waals surface area (Å²) in [7, 11) is 2.16. The van der Waals surface area contributed by atoms with Crippen molar-refractivity contribution in [3.8, 4) is 0 Å². The fraction of sp³-hybridized carbons (Fsp3) is 0.594. The van der Waals surface area contributed by atoms with E-state index in [4.69, 9.17) is 16.6 Å². The number of hydrogen-bond acceptors (Lipinski definition) is 2. The molecule has 1 heterocycles. The van der Waals surface area contributed by atoms with Crippen LogP contribution >= 0.6 is 11.6 Å². The van der Waals surface area contributed by atoms with Crippen molar-refractivity contribution in [2.24, 2.45) is 0 Å². The third-order valence-electron chi connectivity index (χ3n) is 7.37. The highest BCUT2D eigenvalue weighted by Gasteiger charge is 2.11. The number of unbranched alkanes of at least 4 members (excludes halogenated alkanes) is 15. The van der Waals surface area contributed by atoms with Crippen LogP contribution in [0.2, 0.25) is 5.02 Å². The predicted octanol–water partition coefficient (Wildman–Crippen LogP) is 10.7. The van der Waals surface area contributed by atoms with Crippen LogP contribution in [0.25, 0.3) is 21.8 Å². The Balaban J connectivity index is 1.25. The van der Waals surface area contributed by atoms with E-state index in [1.54, 1.807) is 0 Å². The average molecular weight is 495 g/mol. The van der Waals surface area contributed by atoms with Gasteiger partial charge in [-0.15, -0.1) is 0 Å². The molecule has 0 unspecified atom stereocenters. The van der Waals surface area contributed by atoms with E-state index in [2.05, 4.69) is 55.3 Å². The number of rotatable bonds is 18. The fourth-order valence-electron chi connectivity index (χ4n) is 5.12. The standard InChI is InChI=1S/C32H47ClN2/c1-3-4-5-6-7-8-9-10-11-12-13-14-15-16-17-20-25-35(2)31-24-23-30-28(32(31)33)26-27-21-18-19-22-29(27)34-30/h18-19,21-24,26H,3-17,20,25H2,1-2H3. The quantitative estimate of drug-likeness (QED) is 0.129. The van der Waals surface area contributed by atoms with Gasteiger partial charge in [-0.3, -0.25) is 0 Å². The first-order valence-electron chi connectivity index (χ1n) is 14.4. The summed E-state index contributed by atoms with van der Waals surface area (Å²) in [6.45, 7) is 3.34. The van der Waals surface area contributed by atoms with E-state index in [0.717, 1.165) is 39.1 Å². The monoisotopic (exact) mass is 494 g/mol. The Kier molecular flexibility index (Phi) is 12.7. The van der Waals surface area contributed by atoms with Gasteiger partial charge in [-0.25, -0.2) is 4.98 Å². The van der Waals surface area contributed by atoms with Crippen LogP contribution in [0.5, 0.6) is 0 Å². The SMILES string of the molecule is CCCCCCCCCCCCCCCCCCN(C)c1ccc2nc3ccccc3cc2c1Cl. The zero-order valence-electron chi connectivity index (χ0n) is 22.3. The van der Waals surface area contributed by atoms with E-state index >= 15 is 0 Å². The van der Waals surface area contributed by atoms with Crippen LogP contribution in [-0.4, -0.2) is 18.6 Å². The van der Waals surface area contributed by atoms with Gasteiger partial charge in [-0.1, -0.05) is 133 Å². The molecule has 0 bridgehead atoms. The Morgan fingerprint density at radius 3 is 1.80 bits per heavy atom. The summed E-state index contributed by atoms with van der Waals surface area (Å²) in [6.07, 6.45) is 22.5. The number of halogens is 1. The fourth-order valence-corrected chi connectivity index (χ4v) is 5.47. The summed E-state index contributed by atoms with van der Waals surface area (Å²) >= 11 is 6.83. The molecule has 0 amide bonds. The zero-order valence-corrected chi connectivity index (χ0v) is 23.1. The molecule has 0 aliphatic carbocycles. The van der Waals surface area contributed by atoms with E-state index < -0.39 is 0 Å². The molecule has 0 atom stereocenters. The van der Waals surface area contributed by atoms with Crippen molar-refractivity contribution in [2.45, 2.75) is 110 Å². The molecular weight excluding hydrogens is 448 g/mol. The molecule has 0 N–H and O–H groups in total. The summed E-state index contributed by atoms with van der Waals surface area (Å²) in [5.74, 6) is 0. The van der Waals surface area contributed by atoms with E-state index in [1.165, 1.54) is 103 Å². The molecule has 2 aromatic carbocycles. The predicted molar refractivity (Wildman–Crippen MR) is 157 cm³/mol. The molecule has 0 aliphatic heterocycles. The topological polar surface area (TPSA) is 16.1 Å². The van der Waals surface area contributed by atoms with Crippen LogP contribution in [0.15, 0.2) is 42.5 Å². The molecule has 1 aromatic heterocycles. The lowest BCUT2D eigenvalue weighted by Crippen LogP contribution is -2.18. The second-order valence-electron chi connectivity index (χ2n) is 10.4. The second kappa shape index (κ2) is 16.0. The van der Waals surface area contributed by atoms with Crippen molar-refractivity contribution in [1.82, 2.24) is 4.98 Å². The van der Waals surface area contributed by atoms with Crippen molar-refractivity contribution < 1.29 is 0 Å². The summed E-state index contributed by atoms with van der Waals surface area (Å²) in [5.41, 5.74) is 3.09. The van der Waals surface area contributed by atoms with Crippen LogP contribution < -0.4 is 4.90 Å². The number of nitrogens with zero attached hydrogens (tertiary/aromatic N) is 2. The van der Waals surface area contributed by atoms with Crippen molar-refractivity contribution in [2.75, 3.05) is 18.5 Å². The summed E-state index contributed by atoms with van der Waals surface area (Å²) < 4.78 is 0.